The fourth-order valence-electron chi connectivity index (χ4n) is 2.30. The van der Waals surface area contributed by atoms with E-state index in [1.165, 1.54) is 6.33 Å². The van der Waals surface area contributed by atoms with E-state index in [9.17, 15) is 4.79 Å². The number of nitrogens with zero attached hydrogens (tertiary/aromatic N) is 2. The molecule has 126 valence electrons. The van der Waals surface area contributed by atoms with Gasteiger partial charge in [-0.1, -0.05) is 23.7 Å². The lowest BCUT2D eigenvalue weighted by molar-refractivity contribution is 0.102. The van der Waals surface area contributed by atoms with Gasteiger partial charge in [-0.25, -0.2) is 9.97 Å². The molecule has 0 saturated carbocycles. The molecule has 0 aliphatic carbocycles. The summed E-state index contributed by atoms with van der Waals surface area (Å²) in [4.78, 5) is 20.7. The highest BCUT2D eigenvalue weighted by molar-refractivity contribution is 6.30. The minimum absolute atomic E-state index is 0.282. The van der Waals surface area contributed by atoms with E-state index in [4.69, 9.17) is 11.6 Å². The lowest BCUT2D eigenvalue weighted by Gasteiger charge is -2.11. The Bertz CT molecular complexity index is 910. The smallest absolute Gasteiger partial charge is 0.274 e. The van der Waals surface area contributed by atoms with Crippen molar-refractivity contribution >= 4 is 34.7 Å². The molecular formula is C19H17ClN4O. The van der Waals surface area contributed by atoms with E-state index in [1.54, 1.807) is 18.2 Å². The fraction of sp³-hybridized carbons (Fsp3) is 0.105. The van der Waals surface area contributed by atoms with Crippen molar-refractivity contribution in [1.82, 2.24) is 9.97 Å². The second-order valence-corrected chi connectivity index (χ2v) is 6.06. The van der Waals surface area contributed by atoms with Gasteiger partial charge in [-0.2, -0.15) is 0 Å². The molecule has 0 aliphatic rings. The molecule has 0 saturated heterocycles. The average molecular weight is 353 g/mol. The zero-order valence-corrected chi connectivity index (χ0v) is 14.6. The van der Waals surface area contributed by atoms with Gasteiger partial charge < -0.3 is 10.6 Å². The third-order valence-corrected chi connectivity index (χ3v) is 4.12. The summed E-state index contributed by atoms with van der Waals surface area (Å²) in [5.41, 5.74) is 4.03. The third kappa shape index (κ3) is 4.14. The van der Waals surface area contributed by atoms with Crippen LogP contribution < -0.4 is 10.6 Å². The first-order valence-electron chi connectivity index (χ1n) is 7.75. The molecule has 0 atom stereocenters. The first-order chi connectivity index (χ1) is 12.0. The van der Waals surface area contributed by atoms with Crippen LogP contribution in [-0.2, 0) is 0 Å². The highest BCUT2D eigenvalue weighted by atomic mass is 35.5. The standard InChI is InChI=1S/C19H17ClN4O/c1-12-4-3-5-16(13(12)2)24-19(25)17-10-18(22-11-21-17)23-15-8-6-14(20)7-9-15/h3-11H,1-2H3,(H,24,25)(H,21,22,23). The van der Waals surface area contributed by atoms with Gasteiger partial charge in [0.2, 0.25) is 0 Å². The van der Waals surface area contributed by atoms with Gasteiger partial charge in [0, 0.05) is 22.5 Å². The van der Waals surface area contributed by atoms with Crippen molar-refractivity contribution < 1.29 is 4.79 Å². The first kappa shape index (κ1) is 16.9. The van der Waals surface area contributed by atoms with Gasteiger partial charge in [-0.3, -0.25) is 4.79 Å². The number of nitrogens with one attached hydrogen (secondary N) is 2. The molecule has 0 unspecified atom stereocenters. The van der Waals surface area contributed by atoms with E-state index in [1.807, 2.05) is 44.2 Å². The second kappa shape index (κ2) is 7.32. The Labute approximate surface area is 151 Å². The number of amides is 1. The van der Waals surface area contributed by atoms with Crippen molar-refractivity contribution in [3.63, 3.8) is 0 Å². The van der Waals surface area contributed by atoms with Crippen LogP contribution in [0.15, 0.2) is 54.9 Å². The monoisotopic (exact) mass is 352 g/mol. The lowest BCUT2D eigenvalue weighted by Crippen LogP contribution is -2.15. The summed E-state index contributed by atoms with van der Waals surface area (Å²) in [7, 11) is 0. The Kier molecular flexibility index (Phi) is 4.95. The number of hydrogen-bond donors (Lipinski definition) is 2. The number of rotatable bonds is 4. The normalized spacial score (nSPS) is 10.4. The number of aryl methyl sites for hydroxylation is 1. The highest BCUT2D eigenvalue weighted by Gasteiger charge is 2.11. The van der Waals surface area contributed by atoms with Crippen molar-refractivity contribution in [2.75, 3.05) is 10.6 Å². The summed E-state index contributed by atoms with van der Waals surface area (Å²) in [6, 6.07) is 14.6. The Morgan fingerprint density at radius 2 is 1.80 bits per heavy atom. The van der Waals surface area contributed by atoms with Crippen LogP contribution in [0.1, 0.15) is 21.6 Å². The highest BCUT2D eigenvalue weighted by Crippen LogP contribution is 2.20. The van der Waals surface area contributed by atoms with Gasteiger partial charge in [0.1, 0.15) is 17.8 Å². The number of benzene rings is 2. The second-order valence-electron chi connectivity index (χ2n) is 5.62. The van der Waals surface area contributed by atoms with Crippen molar-refractivity contribution in [2.24, 2.45) is 0 Å². The largest absolute Gasteiger partial charge is 0.340 e. The molecule has 0 fully saturated rings. The molecule has 1 aromatic heterocycles. The summed E-state index contributed by atoms with van der Waals surface area (Å²) >= 11 is 5.88. The number of anilines is 3. The molecule has 0 spiro atoms. The lowest BCUT2D eigenvalue weighted by atomic mass is 10.1. The molecule has 6 heteroatoms. The molecule has 5 nitrogen and oxygen atoms in total. The maximum atomic E-state index is 12.5. The Morgan fingerprint density at radius 3 is 2.56 bits per heavy atom. The first-order valence-corrected chi connectivity index (χ1v) is 8.13. The minimum Gasteiger partial charge on any atom is -0.340 e. The van der Waals surface area contributed by atoms with Crippen LogP contribution in [0, 0.1) is 13.8 Å². The van der Waals surface area contributed by atoms with Gasteiger partial charge >= 0.3 is 0 Å². The van der Waals surface area contributed by atoms with E-state index in [2.05, 4.69) is 20.6 Å². The van der Waals surface area contributed by atoms with Crippen LogP contribution in [0.4, 0.5) is 17.2 Å². The predicted octanol–water partition coefficient (Wildman–Crippen LogP) is 4.74. The molecule has 0 radical (unpaired) electrons. The predicted molar refractivity (Wildman–Crippen MR) is 101 cm³/mol. The van der Waals surface area contributed by atoms with Crippen LogP contribution in [0.25, 0.3) is 0 Å². The summed E-state index contributed by atoms with van der Waals surface area (Å²) in [5.74, 6) is 0.249. The maximum absolute atomic E-state index is 12.5. The van der Waals surface area contributed by atoms with Crippen molar-refractivity contribution in [2.45, 2.75) is 13.8 Å². The SMILES string of the molecule is Cc1cccc(NC(=O)c2cc(Nc3ccc(Cl)cc3)ncn2)c1C. The van der Waals surface area contributed by atoms with E-state index in [0.717, 1.165) is 22.5 Å². The average Bonchev–Trinajstić information content (AvgIpc) is 2.61. The Balaban J connectivity index is 1.77. The Morgan fingerprint density at radius 1 is 1.04 bits per heavy atom. The van der Waals surface area contributed by atoms with Crippen LogP contribution in [0.2, 0.25) is 5.02 Å². The summed E-state index contributed by atoms with van der Waals surface area (Å²) in [5, 5.41) is 6.67. The number of halogens is 1. The minimum atomic E-state index is -0.282. The zero-order chi connectivity index (χ0) is 17.8. The molecule has 0 bridgehead atoms. The molecule has 1 heterocycles. The quantitative estimate of drug-likeness (QED) is 0.711. The number of carbonyl (C=O) groups excluding carboxylic acids is 1. The molecule has 2 N–H and O–H groups in total. The molecule has 25 heavy (non-hydrogen) atoms. The van der Waals surface area contributed by atoms with E-state index < -0.39 is 0 Å². The maximum Gasteiger partial charge on any atom is 0.274 e. The van der Waals surface area contributed by atoms with E-state index in [0.29, 0.717) is 10.8 Å². The number of hydrogen-bond acceptors (Lipinski definition) is 4. The van der Waals surface area contributed by atoms with Crippen LogP contribution in [0.3, 0.4) is 0 Å². The fourth-order valence-corrected chi connectivity index (χ4v) is 2.43. The van der Waals surface area contributed by atoms with Gasteiger partial charge in [-0.15, -0.1) is 0 Å². The van der Waals surface area contributed by atoms with Crippen LogP contribution >= 0.6 is 11.6 Å². The number of aromatic nitrogens is 2. The van der Waals surface area contributed by atoms with E-state index >= 15 is 0 Å². The molecule has 0 aliphatic heterocycles. The topological polar surface area (TPSA) is 66.9 Å². The molecule has 3 aromatic rings. The third-order valence-electron chi connectivity index (χ3n) is 3.87. The molecule has 2 aromatic carbocycles. The van der Waals surface area contributed by atoms with Gasteiger partial charge in [0.15, 0.2) is 0 Å². The zero-order valence-electron chi connectivity index (χ0n) is 13.9. The van der Waals surface area contributed by atoms with E-state index in [-0.39, 0.29) is 11.6 Å². The molecule has 3 rings (SSSR count). The summed E-state index contributed by atoms with van der Waals surface area (Å²) in [6.07, 6.45) is 1.36. The van der Waals surface area contributed by atoms with Crippen molar-refractivity contribution in [1.29, 1.82) is 0 Å². The summed E-state index contributed by atoms with van der Waals surface area (Å²) < 4.78 is 0. The van der Waals surface area contributed by atoms with Crippen molar-refractivity contribution in [3.8, 4) is 0 Å². The van der Waals surface area contributed by atoms with Gasteiger partial charge in [0.25, 0.3) is 5.91 Å². The van der Waals surface area contributed by atoms with Gasteiger partial charge in [0.05, 0.1) is 0 Å². The molecule has 1 amide bonds. The molecular weight excluding hydrogens is 336 g/mol. The van der Waals surface area contributed by atoms with Gasteiger partial charge in [-0.05, 0) is 55.3 Å². The Hall–Kier alpha value is -2.92. The summed E-state index contributed by atoms with van der Waals surface area (Å²) in [6.45, 7) is 3.97. The van der Waals surface area contributed by atoms with Crippen LogP contribution in [0.5, 0.6) is 0 Å². The van der Waals surface area contributed by atoms with Crippen molar-refractivity contribution in [3.05, 3.63) is 76.7 Å². The number of carbonyl (C=O) groups is 1. The van der Waals surface area contributed by atoms with Crippen LogP contribution in [-0.4, -0.2) is 15.9 Å².